The van der Waals surface area contributed by atoms with E-state index in [2.05, 4.69) is 13.2 Å². The van der Waals surface area contributed by atoms with Gasteiger partial charge in [-0.05, 0) is 59.8 Å². The van der Waals surface area contributed by atoms with Gasteiger partial charge in [0.1, 0.15) is 12.2 Å². The first-order chi connectivity index (χ1) is 15.8. The first-order valence-corrected chi connectivity index (χ1v) is 11.9. The molecule has 0 saturated carbocycles. The monoisotopic (exact) mass is 470 g/mol. The molecule has 6 nitrogen and oxygen atoms in total. The molecule has 0 amide bonds. The van der Waals surface area contributed by atoms with Crippen molar-refractivity contribution in [2.45, 2.75) is 92.3 Å². The highest BCUT2D eigenvalue weighted by molar-refractivity contribution is 6.29. The molecule has 0 N–H and O–H groups in total. The van der Waals surface area contributed by atoms with Crippen LogP contribution in [0.25, 0.3) is 0 Å². The maximum atomic E-state index is 12.9. The van der Waals surface area contributed by atoms with E-state index in [1.54, 1.807) is 26.0 Å². The highest BCUT2D eigenvalue weighted by Crippen LogP contribution is 2.43. The van der Waals surface area contributed by atoms with Gasteiger partial charge in [0.15, 0.2) is 11.6 Å². The molecule has 0 aromatic rings. The van der Waals surface area contributed by atoms with Crippen LogP contribution in [-0.2, 0) is 28.7 Å². The van der Waals surface area contributed by atoms with E-state index in [1.807, 2.05) is 27.7 Å². The van der Waals surface area contributed by atoms with Crippen LogP contribution < -0.4 is 0 Å². The third kappa shape index (κ3) is 5.83. The number of carbonyl (C=O) groups is 4. The van der Waals surface area contributed by atoms with Crippen LogP contribution in [0.1, 0.15) is 80.1 Å². The Balaban J connectivity index is 2.31. The first-order valence-electron chi connectivity index (χ1n) is 11.9. The van der Waals surface area contributed by atoms with E-state index >= 15 is 0 Å². The fourth-order valence-electron chi connectivity index (χ4n) is 5.27. The zero-order valence-corrected chi connectivity index (χ0v) is 21.4. The molecule has 0 heterocycles. The van der Waals surface area contributed by atoms with Crippen LogP contribution in [0.5, 0.6) is 0 Å². The highest BCUT2D eigenvalue weighted by atomic mass is 16.6. The summed E-state index contributed by atoms with van der Waals surface area (Å²) in [5.41, 5.74) is 1.83. The molecule has 0 bridgehead atoms. The summed E-state index contributed by atoms with van der Waals surface area (Å²) in [5, 5.41) is 0. The number of ketones is 2. The van der Waals surface area contributed by atoms with Crippen LogP contribution in [0.2, 0.25) is 0 Å². The van der Waals surface area contributed by atoms with Gasteiger partial charge in [-0.1, -0.05) is 39.8 Å². The summed E-state index contributed by atoms with van der Waals surface area (Å²) in [6, 6.07) is 0. The molecule has 34 heavy (non-hydrogen) atoms. The molecule has 0 fully saturated rings. The summed E-state index contributed by atoms with van der Waals surface area (Å²) in [7, 11) is 0. The number of ether oxygens (including phenoxy) is 2. The Kier molecular flexibility index (Phi) is 8.62. The lowest BCUT2D eigenvalue weighted by molar-refractivity contribution is -0.172. The number of hydrogen-bond donors (Lipinski definition) is 0. The molecule has 2 atom stereocenters. The second-order valence-corrected chi connectivity index (χ2v) is 10.5. The molecule has 0 spiro atoms. The average molecular weight is 471 g/mol. The highest BCUT2D eigenvalue weighted by Gasteiger charge is 2.41. The third-order valence-corrected chi connectivity index (χ3v) is 7.13. The average Bonchev–Trinajstić information content (AvgIpc) is 2.74. The van der Waals surface area contributed by atoms with Crippen molar-refractivity contribution < 1.29 is 28.7 Å². The van der Waals surface area contributed by atoms with Gasteiger partial charge >= 0.3 is 11.9 Å². The Bertz CT molecular complexity index is 881. The molecule has 0 saturated heterocycles. The summed E-state index contributed by atoms with van der Waals surface area (Å²) < 4.78 is 11.2. The van der Waals surface area contributed by atoms with Gasteiger partial charge in [-0.15, -0.1) is 13.2 Å². The maximum absolute atomic E-state index is 12.9. The van der Waals surface area contributed by atoms with Crippen molar-refractivity contribution in [3.8, 4) is 0 Å². The number of allylic oxidation sites excluding steroid dienone is 2. The molecule has 0 aliphatic heterocycles. The van der Waals surface area contributed by atoms with Crippen LogP contribution >= 0.6 is 0 Å². The van der Waals surface area contributed by atoms with E-state index in [0.717, 1.165) is 0 Å². The third-order valence-electron chi connectivity index (χ3n) is 7.13. The summed E-state index contributed by atoms with van der Waals surface area (Å²) in [5.74, 6) is -2.24. The Morgan fingerprint density at radius 3 is 1.41 bits per heavy atom. The quantitative estimate of drug-likeness (QED) is 0.269. The minimum atomic E-state index is -1.13. The minimum absolute atomic E-state index is 0.0136. The van der Waals surface area contributed by atoms with Crippen molar-refractivity contribution in [3.63, 3.8) is 0 Å². The molecular formula is C28H38O6. The second-order valence-electron chi connectivity index (χ2n) is 10.5. The summed E-state index contributed by atoms with van der Waals surface area (Å²) >= 11 is 0. The van der Waals surface area contributed by atoms with Crippen molar-refractivity contribution in [3.05, 3.63) is 47.6 Å². The van der Waals surface area contributed by atoms with Crippen molar-refractivity contribution in [1.29, 1.82) is 0 Å². The smallest absolute Gasteiger partial charge is 0.418 e. The topological polar surface area (TPSA) is 86.7 Å². The van der Waals surface area contributed by atoms with E-state index in [1.165, 1.54) is 0 Å². The van der Waals surface area contributed by atoms with E-state index in [0.29, 0.717) is 48.0 Å². The molecular weight excluding hydrogens is 432 g/mol. The molecule has 2 unspecified atom stereocenters. The van der Waals surface area contributed by atoms with Gasteiger partial charge in [0.2, 0.25) is 0 Å². The van der Waals surface area contributed by atoms with Crippen molar-refractivity contribution >= 4 is 23.5 Å². The molecule has 0 aromatic heterocycles. The molecule has 2 aliphatic rings. The first kappa shape index (κ1) is 27.5. The van der Waals surface area contributed by atoms with Crippen molar-refractivity contribution in [1.82, 2.24) is 0 Å². The van der Waals surface area contributed by atoms with Crippen molar-refractivity contribution in [2.75, 3.05) is 0 Å². The van der Waals surface area contributed by atoms with Gasteiger partial charge in [0.25, 0.3) is 0 Å². The largest absolute Gasteiger partial charge is 0.449 e. The van der Waals surface area contributed by atoms with Crippen LogP contribution in [0.15, 0.2) is 47.6 Å². The number of Topliss-reactive ketones (excluding diaryl/α,β-unsaturated/α-hetero) is 2. The molecule has 2 rings (SSSR count). The fraction of sp³-hybridized carbons (Fsp3) is 0.571. The number of esters is 2. The van der Waals surface area contributed by atoms with Gasteiger partial charge < -0.3 is 9.47 Å². The SMILES string of the molecule is C=CCC(OC(=O)C(=O)OC(CC=C)C1=C(C)C(=O)CCC1(C)C)C1=C(C)C(=O)CCC1(C)C. The Morgan fingerprint density at radius 2 is 1.12 bits per heavy atom. The Hall–Kier alpha value is -2.76. The normalized spacial score (nSPS) is 21.6. The van der Waals surface area contributed by atoms with Crippen LogP contribution in [0, 0.1) is 10.8 Å². The van der Waals surface area contributed by atoms with E-state index in [4.69, 9.17) is 9.47 Å². The fourth-order valence-corrected chi connectivity index (χ4v) is 5.27. The lowest BCUT2D eigenvalue weighted by Crippen LogP contribution is -2.39. The van der Waals surface area contributed by atoms with Gasteiger partial charge in [-0.3, -0.25) is 9.59 Å². The number of hydrogen-bond acceptors (Lipinski definition) is 6. The predicted molar refractivity (Wildman–Crippen MR) is 131 cm³/mol. The van der Waals surface area contributed by atoms with Gasteiger partial charge in [0, 0.05) is 25.7 Å². The van der Waals surface area contributed by atoms with E-state index in [9.17, 15) is 19.2 Å². The molecule has 186 valence electrons. The summed E-state index contributed by atoms with van der Waals surface area (Å²) in [6.07, 6.45) is 4.29. The lowest BCUT2D eigenvalue weighted by atomic mass is 9.69. The minimum Gasteiger partial charge on any atom is -0.449 e. The Morgan fingerprint density at radius 1 is 0.794 bits per heavy atom. The maximum Gasteiger partial charge on any atom is 0.418 e. The zero-order chi connectivity index (χ0) is 25.8. The number of rotatable bonds is 8. The molecule has 0 radical (unpaired) electrons. The summed E-state index contributed by atoms with van der Waals surface area (Å²) in [6.45, 7) is 18.9. The van der Waals surface area contributed by atoms with Crippen molar-refractivity contribution in [2.24, 2.45) is 10.8 Å². The van der Waals surface area contributed by atoms with Crippen LogP contribution in [0.3, 0.4) is 0 Å². The van der Waals surface area contributed by atoms with E-state index < -0.39 is 24.1 Å². The molecule has 0 aromatic carbocycles. The van der Waals surface area contributed by atoms with Gasteiger partial charge in [-0.25, -0.2) is 9.59 Å². The van der Waals surface area contributed by atoms with Crippen LogP contribution in [0.4, 0.5) is 0 Å². The summed E-state index contributed by atoms with van der Waals surface area (Å²) in [4.78, 5) is 50.5. The standard InChI is InChI=1S/C28H38O6/c1-9-11-21(23-17(3)19(29)13-15-27(23,5)6)33-25(31)26(32)34-22(12-10-2)24-18(4)20(30)14-16-28(24,7)8/h9-10,21-22H,1-2,11-16H2,3-8H3. The molecule has 2 aliphatic carbocycles. The molecule has 6 heteroatoms. The van der Waals surface area contributed by atoms with Gasteiger partial charge in [0.05, 0.1) is 0 Å². The van der Waals surface area contributed by atoms with E-state index in [-0.39, 0.29) is 35.2 Å². The Labute approximate surface area is 203 Å². The van der Waals surface area contributed by atoms with Crippen LogP contribution in [-0.4, -0.2) is 35.7 Å². The second kappa shape index (κ2) is 10.7. The number of carbonyl (C=O) groups excluding carboxylic acids is 4. The predicted octanol–water partition coefficient (Wildman–Crippen LogP) is 5.37. The zero-order valence-electron chi connectivity index (χ0n) is 21.4. The van der Waals surface area contributed by atoms with Gasteiger partial charge in [-0.2, -0.15) is 0 Å². The lowest BCUT2D eigenvalue weighted by Gasteiger charge is -2.38.